The topological polar surface area (TPSA) is 88.1 Å². The van der Waals surface area contributed by atoms with Crippen LogP contribution >= 0.6 is 15.9 Å². The molecule has 27 heavy (non-hydrogen) atoms. The molecule has 2 aromatic rings. The van der Waals surface area contributed by atoms with E-state index < -0.39 is 15.9 Å². The zero-order chi connectivity index (χ0) is 19.9. The van der Waals surface area contributed by atoms with Crippen molar-refractivity contribution in [2.45, 2.75) is 11.8 Å². The number of likely N-dealkylation sites (N-methyl/N-ethyl adjacent to an activating group) is 1. The zero-order valence-corrected chi connectivity index (χ0v) is 17.3. The summed E-state index contributed by atoms with van der Waals surface area (Å²) in [6.45, 7) is 2.14. The minimum Gasteiger partial charge on any atom is -0.494 e. The van der Waals surface area contributed by atoms with E-state index >= 15 is 0 Å². The third-order valence-corrected chi connectivity index (χ3v) is 5.83. The quantitative estimate of drug-likeness (QED) is 0.491. The Morgan fingerprint density at radius 2 is 1.81 bits per heavy atom. The first-order valence-corrected chi connectivity index (χ1v) is 10.3. The van der Waals surface area contributed by atoms with Gasteiger partial charge in [-0.05, 0) is 61.0 Å². The van der Waals surface area contributed by atoms with Crippen LogP contribution in [-0.2, 0) is 14.8 Å². The Bertz CT molecular complexity index is 897. The maximum absolute atomic E-state index is 12.4. The van der Waals surface area contributed by atoms with Crippen molar-refractivity contribution in [1.29, 1.82) is 0 Å². The lowest BCUT2D eigenvalue weighted by Crippen LogP contribution is -2.36. The molecule has 0 radical (unpaired) electrons. The SMILES string of the molecule is CCOc1ccc(/C=N\NC(=O)CN(C)S(=O)(=O)c2ccc(Br)cc2)cc1. The van der Waals surface area contributed by atoms with Crippen molar-refractivity contribution in [3.05, 3.63) is 58.6 Å². The summed E-state index contributed by atoms with van der Waals surface area (Å²) in [6.07, 6.45) is 1.47. The van der Waals surface area contributed by atoms with Gasteiger partial charge in [0.15, 0.2) is 0 Å². The molecule has 7 nitrogen and oxygen atoms in total. The van der Waals surface area contributed by atoms with Gasteiger partial charge in [-0.1, -0.05) is 15.9 Å². The Kier molecular flexibility index (Phi) is 7.52. The number of amides is 1. The summed E-state index contributed by atoms with van der Waals surface area (Å²) in [5, 5.41) is 3.84. The van der Waals surface area contributed by atoms with Gasteiger partial charge in [-0.3, -0.25) is 4.79 Å². The number of ether oxygens (including phenoxy) is 1. The van der Waals surface area contributed by atoms with E-state index in [0.717, 1.165) is 20.1 Å². The lowest BCUT2D eigenvalue weighted by Gasteiger charge is -2.16. The van der Waals surface area contributed by atoms with Crippen LogP contribution in [0.1, 0.15) is 12.5 Å². The second-order valence-corrected chi connectivity index (χ2v) is 8.47. The molecule has 0 aliphatic carbocycles. The molecule has 0 aromatic heterocycles. The molecule has 1 amide bonds. The van der Waals surface area contributed by atoms with Gasteiger partial charge >= 0.3 is 0 Å². The van der Waals surface area contributed by atoms with E-state index in [1.54, 1.807) is 36.4 Å². The van der Waals surface area contributed by atoms with Crippen molar-refractivity contribution < 1.29 is 17.9 Å². The third kappa shape index (κ3) is 6.16. The second-order valence-electron chi connectivity index (χ2n) is 5.51. The molecule has 0 spiro atoms. The fourth-order valence-corrected chi connectivity index (χ4v) is 3.50. The van der Waals surface area contributed by atoms with Crippen molar-refractivity contribution in [3.8, 4) is 5.75 Å². The molecule has 9 heteroatoms. The number of benzene rings is 2. The summed E-state index contributed by atoms with van der Waals surface area (Å²) in [6, 6.07) is 13.4. The Hall–Kier alpha value is -2.23. The predicted molar refractivity (Wildman–Crippen MR) is 107 cm³/mol. The fourth-order valence-electron chi connectivity index (χ4n) is 2.10. The molecule has 0 bridgehead atoms. The van der Waals surface area contributed by atoms with Gasteiger partial charge in [0, 0.05) is 11.5 Å². The highest BCUT2D eigenvalue weighted by molar-refractivity contribution is 9.10. The van der Waals surface area contributed by atoms with Gasteiger partial charge in [0.1, 0.15) is 5.75 Å². The van der Waals surface area contributed by atoms with Gasteiger partial charge in [0.05, 0.1) is 24.3 Å². The standard InChI is InChI=1S/C18H20BrN3O4S/c1-3-26-16-8-4-14(5-9-16)12-20-21-18(23)13-22(2)27(24,25)17-10-6-15(19)7-11-17/h4-12H,3,13H2,1-2H3,(H,21,23)/b20-12-. The first kappa shape index (κ1) is 21.1. The molecule has 2 aromatic carbocycles. The van der Waals surface area contributed by atoms with E-state index in [4.69, 9.17) is 4.74 Å². The summed E-state index contributed by atoms with van der Waals surface area (Å²) in [4.78, 5) is 12.1. The van der Waals surface area contributed by atoms with Gasteiger partial charge in [0.25, 0.3) is 5.91 Å². The average molecular weight is 454 g/mol. The number of hydrazone groups is 1. The molecule has 0 atom stereocenters. The third-order valence-electron chi connectivity index (χ3n) is 3.48. The van der Waals surface area contributed by atoms with Crippen LogP contribution < -0.4 is 10.2 Å². The molecule has 2 rings (SSSR count). The van der Waals surface area contributed by atoms with Gasteiger partial charge in [-0.25, -0.2) is 13.8 Å². The Morgan fingerprint density at radius 1 is 1.19 bits per heavy atom. The molecule has 0 fully saturated rings. The van der Waals surface area contributed by atoms with Crippen LogP contribution in [0.5, 0.6) is 5.75 Å². The first-order chi connectivity index (χ1) is 12.8. The molecule has 1 N–H and O–H groups in total. The number of carbonyl (C=O) groups is 1. The lowest BCUT2D eigenvalue weighted by molar-refractivity contribution is -0.121. The highest BCUT2D eigenvalue weighted by Crippen LogP contribution is 2.17. The average Bonchev–Trinajstić information content (AvgIpc) is 2.63. The van der Waals surface area contributed by atoms with Gasteiger partial charge in [-0.15, -0.1) is 0 Å². The highest BCUT2D eigenvalue weighted by atomic mass is 79.9. The molecule has 0 heterocycles. The minimum absolute atomic E-state index is 0.110. The Morgan fingerprint density at radius 3 is 2.41 bits per heavy atom. The van der Waals surface area contributed by atoms with Crippen LogP contribution in [0.2, 0.25) is 0 Å². The van der Waals surface area contributed by atoms with E-state index in [1.807, 2.05) is 6.92 Å². The van der Waals surface area contributed by atoms with Gasteiger partial charge in [-0.2, -0.15) is 9.41 Å². The number of sulfonamides is 1. The van der Waals surface area contributed by atoms with Crippen LogP contribution in [0.25, 0.3) is 0 Å². The molecule has 0 saturated heterocycles. The van der Waals surface area contributed by atoms with E-state index in [-0.39, 0.29) is 11.4 Å². The molecular weight excluding hydrogens is 434 g/mol. The highest BCUT2D eigenvalue weighted by Gasteiger charge is 2.22. The monoisotopic (exact) mass is 453 g/mol. The Labute approximate surface area is 167 Å². The van der Waals surface area contributed by atoms with E-state index in [9.17, 15) is 13.2 Å². The molecular formula is C18H20BrN3O4S. The summed E-state index contributed by atoms with van der Waals surface area (Å²) in [5.74, 6) is 0.207. The largest absolute Gasteiger partial charge is 0.494 e. The minimum atomic E-state index is -3.75. The van der Waals surface area contributed by atoms with Gasteiger partial charge in [0.2, 0.25) is 10.0 Å². The number of nitrogens with one attached hydrogen (secondary N) is 1. The summed E-state index contributed by atoms with van der Waals surface area (Å²) >= 11 is 3.25. The van der Waals surface area contributed by atoms with E-state index in [0.29, 0.717) is 6.61 Å². The smallest absolute Gasteiger partial charge is 0.255 e. The number of rotatable bonds is 8. The van der Waals surface area contributed by atoms with Crippen molar-refractivity contribution >= 4 is 38.1 Å². The van der Waals surface area contributed by atoms with Crippen molar-refractivity contribution in [2.75, 3.05) is 20.2 Å². The number of hydrogen-bond donors (Lipinski definition) is 1. The maximum atomic E-state index is 12.4. The van der Waals surface area contributed by atoms with Crippen LogP contribution in [0.4, 0.5) is 0 Å². The summed E-state index contributed by atoms with van der Waals surface area (Å²) in [7, 11) is -2.41. The number of carbonyl (C=O) groups excluding carboxylic acids is 1. The fraction of sp³-hybridized carbons (Fsp3) is 0.222. The number of hydrogen-bond acceptors (Lipinski definition) is 5. The number of nitrogens with zero attached hydrogens (tertiary/aromatic N) is 2. The predicted octanol–water partition coefficient (Wildman–Crippen LogP) is 2.62. The van der Waals surface area contributed by atoms with Gasteiger partial charge < -0.3 is 4.74 Å². The molecule has 144 valence electrons. The van der Waals surface area contributed by atoms with Crippen LogP contribution in [0, 0.1) is 0 Å². The van der Waals surface area contributed by atoms with E-state index in [2.05, 4.69) is 26.5 Å². The summed E-state index contributed by atoms with van der Waals surface area (Å²) in [5.41, 5.74) is 3.09. The molecule has 0 saturated carbocycles. The van der Waals surface area contributed by atoms with Crippen LogP contribution in [-0.4, -0.2) is 45.0 Å². The molecule has 0 aliphatic heterocycles. The maximum Gasteiger partial charge on any atom is 0.255 e. The number of halogens is 1. The van der Waals surface area contributed by atoms with Crippen molar-refractivity contribution in [1.82, 2.24) is 9.73 Å². The van der Waals surface area contributed by atoms with Crippen LogP contribution in [0.3, 0.4) is 0 Å². The van der Waals surface area contributed by atoms with Crippen molar-refractivity contribution in [3.63, 3.8) is 0 Å². The normalized spacial score (nSPS) is 11.7. The lowest BCUT2D eigenvalue weighted by atomic mass is 10.2. The van der Waals surface area contributed by atoms with Crippen LogP contribution in [0.15, 0.2) is 63.0 Å². The first-order valence-electron chi connectivity index (χ1n) is 8.09. The second kappa shape index (κ2) is 9.63. The molecule has 0 aliphatic rings. The van der Waals surface area contributed by atoms with Crippen molar-refractivity contribution in [2.24, 2.45) is 5.10 Å². The summed E-state index contributed by atoms with van der Waals surface area (Å²) < 4.78 is 32.0. The zero-order valence-electron chi connectivity index (χ0n) is 14.9. The Balaban J connectivity index is 1.91. The molecule has 0 unspecified atom stereocenters. The van der Waals surface area contributed by atoms with E-state index in [1.165, 1.54) is 25.4 Å².